The van der Waals surface area contributed by atoms with Gasteiger partial charge in [-0.3, -0.25) is 9.98 Å². The second kappa shape index (κ2) is 12.3. The first-order chi connectivity index (χ1) is 14.7. The second-order valence-corrected chi connectivity index (χ2v) is 7.08. The molecule has 0 aliphatic heterocycles. The molecule has 7 heteroatoms. The number of nitrogens with one attached hydrogen (secondary N) is 1. The normalized spacial score (nSPS) is 11.0. The molecular formula is C24H31IN4O2. The average molecular weight is 534 g/mol. The molecule has 3 rings (SSSR count). The Hall–Kier alpha value is -2.55. The van der Waals surface area contributed by atoms with Gasteiger partial charge in [-0.05, 0) is 42.2 Å². The first kappa shape index (κ1) is 24.7. The van der Waals surface area contributed by atoms with Crippen LogP contribution in [0.5, 0.6) is 11.5 Å². The highest BCUT2D eigenvalue weighted by molar-refractivity contribution is 14.0. The molecule has 1 aromatic heterocycles. The first-order valence-electron chi connectivity index (χ1n) is 10.1. The van der Waals surface area contributed by atoms with Crippen molar-refractivity contribution in [3.8, 4) is 11.5 Å². The molecule has 0 saturated heterocycles. The molecule has 0 unspecified atom stereocenters. The first-order valence-corrected chi connectivity index (χ1v) is 10.1. The Morgan fingerprint density at radius 2 is 1.81 bits per heavy atom. The number of ether oxygens (including phenoxy) is 2. The minimum atomic E-state index is 0. The van der Waals surface area contributed by atoms with Crippen LogP contribution in [0.4, 0.5) is 0 Å². The standard InChI is InChI=1S/C24H30N4O2.HI/c1-25-24(27-15-12-20-8-5-7-19-9-6-14-26-23(19)20)28(2)16-13-18-10-11-21(29-3)22(17-18)30-4;/h5-11,14,17H,12-13,15-16H2,1-4H3,(H,25,27);1H. The number of guanidine groups is 1. The van der Waals surface area contributed by atoms with Crippen molar-refractivity contribution in [3.63, 3.8) is 0 Å². The van der Waals surface area contributed by atoms with Crippen molar-refractivity contribution in [2.24, 2.45) is 4.99 Å². The van der Waals surface area contributed by atoms with E-state index < -0.39 is 0 Å². The van der Waals surface area contributed by atoms with Gasteiger partial charge >= 0.3 is 0 Å². The number of aromatic nitrogens is 1. The summed E-state index contributed by atoms with van der Waals surface area (Å²) in [6.45, 7) is 1.63. The van der Waals surface area contributed by atoms with E-state index in [1.807, 2.05) is 31.4 Å². The molecule has 1 heterocycles. The smallest absolute Gasteiger partial charge is 0.193 e. The van der Waals surface area contributed by atoms with E-state index in [9.17, 15) is 0 Å². The summed E-state index contributed by atoms with van der Waals surface area (Å²) in [7, 11) is 7.17. The summed E-state index contributed by atoms with van der Waals surface area (Å²) in [4.78, 5) is 11.1. The van der Waals surface area contributed by atoms with E-state index in [1.165, 1.54) is 16.5 Å². The van der Waals surface area contributed by atoms with Gasteiger partial charge in [-0.15, -0.1) is 24.0 Å². The van der Waals surface area contributed by atoms with E-state index in [2.05, 4.69) is 57.6 Å². The number of nitrogens with zero attached hydrogens (tertiary/aromatic N) is 3. The largest absolute Gasteiger partial charge is 0.493 e. The molecule has 166 valence electrons. The predicted octanol–water partition coefficient (Wildman–Crippen LogP) is 4.16. The number of aliphatic imine (C=N–C) groups is 1. The van der Waals surface area contributed by atoms with Crippen LogP contribution in [0.25, 0.3) is 10.9 Å². The SMILES string of the molecule is CN=C(NCCc1cccc2cccnc12)N(C)CCc1ccc(OC)c(OC)c1.I. The number of para-hydroxylation sites is 1. The van der Waals surface area contributed by atoms with Gasteiger partial charge in [0, 0.05) is 38.8 Å². The topological polar surface area (TPSA) is 59.0 Å². The van der Waals surface area contributed by atoms with E-state index in [4.69, 9.17) is 9.47 Å². The van der Waals surface area contributed by atoms with Gasteiger partial charge in [0.2, 0.25) is 0 Å². The van der Waals surface area contributed by atoms with E-state index in [0.717, 1.165) is 48.9 Å². The predicted molar refractivity (Wildman–Crippen MR) is 138 cm³/mol. The Kier molecular flexibility index (Phi) is 9.84. The van der Waals surface area contributed by atoms with Gasteiger partial charge < -0.3 is 19.7 Å². The molecule has 0 spiro atoms. The van der Waals surface area contributed by atoms with Crippen molar-refractivity contribution in [3.05, 3.63) is 65.9 Å². The van der Waals surface area contributed by atoms with Crippen molar-refractivity contribution in [2.75, 3.05) is 41.4 Å². The van der Waals surface area contributed by atoms with Crippen LogP contribution in [0.2, 0.25) is 0 Å². The number of benzene rings is 2. The Labute approximate surface area is 201 Å². The van der Waals surface area contributed by atoms with Crippen molar-refractivity contribution < 1.29 is 9.47 Å². The van der Waals surface area contributed by atoms with Crippen molar-refractivity contribution in [1.82, 2.24) is 15.2 Å². The molecule has 0 aliphatic rings. The zero-order valence-electron chi connectivity index (χ0n) is 18.6. The van der Waals surface area contributed by atoms with Crippen molar-refractivity contribution in [1.29, 1.82) is 0 Å². The number of halogens is 1. The molecule has 0 aliphatic carbocycles. The van der Waals surface area contributed by atoms with Crippen LogP contribution in [-0.2, 0) is 12.8 Å². The van der Waals surface area contributed by atoms with Gasteiger partial charge in [0.05, 0.1) is 19.7 Å². The highest BCUT2D eigenvalue weighted by atomic mass is 127. The zero-order valence-corrected chi connectivity index (χ0v) is 20.9. The third-order valence-corrected chi connectivity index (χ3v) is 5.15. The fourth-order valence-corrected chi connectivity index (χ4v) is 3.50. The van der Waals surface area contributed by atoms with E-state index in [0.29, 0.717) is 0 Å². The fraction of sp³-hybridized carbons (Fsp3) is 0.333. The van der Waals surface area contributed by atoms with Gasteiger partial charge in [-0.25, -0.2) is 0 Å². The molecule has 0 atom stereocenters. The van der Waals surface area contributed by atoms with Gasteiger partial charge in [-0.1, -0.05) is 30.3 Å². The number of fused-ring (bicyclic) bond motifs is 1. The van der Waals surface area contributed by atoms with Crippen LogP contribution < -0.4 is 14.8 Å². The van der Waals surface area contributed by atoms with Crippen LogP contribution in [0, 0.1) is 0 Å². The lowest BCUT2D eigenvalue weighted by Crippen LogP contribution is -2.40. The van der Waals surface area contributed by atoms with Gasteiger partial charge in [0.25, 0.3) is 0 Å². The third-order valence-electron chi connectivity index (χ3n) is 5.15. The Morgan fingerprint density at radius 3 is 2.55 bits per heavy atom. The molecular weight excluding hydrogens is 503 g/mol. The van der Waals surface area contributed by atoms with Crippen LogP contribution in [0.15, 0.2) is 59.7 Å². The fourth-order valence-electron chi connectivity index (χ4n) is 3.50. The summed E-state index contributed by atoms with van der Waals surface area (Å²) in [5.41, 5.74) is 3.50. The van der Waals surface area contributed by atoms with Gasteiger partial charge in [0.15, 0.2) is 17.5 Å². The minimum Gasteiger partial charge on any atom is -0.493 e. The number of rotatable bonds is 8. The highest BCUT2D eigenvalue weighted by Gasteiger charge is 2.09. The van der Waals surface area contributed by atoms with Crippen LogP contribution in [0.1, 0.15) is 11.1 Å². The molecule has 0 bridgehead atoms. The third kappa shape index (κ3) is 6.46. The number of methoxy groups -OCH3 is 2. The average Bonchev–Trinajstić information content (AvgIpc) is 2.80. The molecule has 6 nitrogen and oxygen atoms in total. The number of hydrogen-bond donors (Lipinski definition) is 1. The number of likely N-dealkylation sites (N-methyl/N-ethyl adjacent to an activating group) is 1. The molecule has 0 saturated carbocycles. The second-order valence-electron chi connectivity index (χ2n) is 7.08. The van der Waals surface area contributed by atoms with Crippen molar-refractivity contribution in [2.45, 2.75) is 12.8 Å². The van der Waals surface area contributed by atoms with E-state index in [1.54, 1.807) is 14.2 Å². The van der Waals surface area contributed by atoms with Gasteiger partial charge in [0.1, 0.15) is 0 Å². The maximum absolute atomic E-state index is 5.40. The lowest BCUT2D eigenvalue weighted by molar-refractivity contribution is 0.354. The molecule has 3 aromatic rings. The minimum absolute atomic E-state index is 0. The lowest BCUT2D eigenvalue weighted by atomic mass is 10.1. The Balaban J connectivity index is 0.00000341. The molecule has 0 fully saturated rings. The maximum Gasteiger partial charge on any atom is 0.193 e. The van der Waals surface area contributed by atoms with Crippen LogP contribution in [0.3, 0.4) is 0 Å². The summed E-state index contributed by atoms with van der Waals surface area (Å²) in [6, 6.07) is 16.4. The molecule has 31 heavy (non-hydrogen) atoms. The van der Waals surface area contributed by atoms with E-state index in [-0.39, 0.29) is 24.0 Å². The Bertz CT molecular complexity index is 1000. The summed E-state index contributed by atoms with van der Waals surface area (Å²) in [5, 5.41) is 4.64. The highest BCUT2D eigenvalue weighted by Crippen LogP contribution is 2.27. The lowest BCUT2D eigenvalue weighted by Gasteiger charge is -2.22. The van der Waals surface area contributed by atoms with Gasteiger partial charge in [-0.2, -0.15) is 0 Å². The monoisotopic (exact) mass is 534 g/mol. The summed E-state index contributed by atoms with van der Waals surface area (Å²) >= 11 is 0. The van der Waals surface area contributed by atoms with Crippen LogP contribution >= 0.6 is 24.0 Å². The quantitative estimate of drug-likeness (QED) is 0.267. The maximum atomic E-state index is 5.40. The number of hydrogen-bond acceptors (Lipinski definition) is 4. The molecule has 0 radical (unpaired) electrons. The van der Waals surface area contributed by atoms with Crippen molar-refractivity contribution >= 4 is 40.8 Å². The summed E-state index contributed by atoms with van der Waals surface area (Å²) in [6.07, 6.45) is 3.61. The summed E-state index contributed by atoms with van der Waals surface area (Å²) in [5.74, 6) is 2.38. The summed E-state index contributed by atoms with van der Waals surface area (Å²) < 4.78 is 10.7. The Morgan fingerprint density at radius 1 is 1.03 bits per heavy atom. The van der Waals surface area contributed by atoms with Crippen LogP contribution in [-0.4, -0.2) is 57.2 Å². The molecule has 1 N–H and O–H groups in total. The molecule has 0 amide bonds. The molecule has 2 aromatic carbocycles. The van der Waals surface area contributed by atoms with E-state index >= 15 is 0 Å². The number of pyridine rings is 1. The zero-order chi connectivity index (χ0) is 21.3.